The Balaban J connectivity index is 1.40. The Bertz CT molecular complexity index is 1350. The van der Waals surface area contributed by atoms with Crippen molar-refractivity contribution < 1.29 is 0 Å². The second-order valence-electron chi connectivity index (χ2n) is 15.9. The molecule has 0 radical (unpaired) electrons. The summed E-state index contributed by atoms with van der Waals surface area (Å²) in [6.07, 6.45) is 17.2. The summed E-state index contributed by atoms with van der Waals surface area (Å²) in [5, 5.41) is 0. The fraction of sp³-hybridized carbons (Fsp3) is 0.581. The molecule has 1 fully saturated rings. The van der Waals surface area contributed by atoms with E-state index in [9.17, 15) is 0 Å². The van der Waals surface area contributed by atoms with E-state index in [-0.39, 0.29) is 16.2 Å². The van der Waals surface area contributed by atoms with Crippen molar-refractivity contribution in [1.29, 1.82) is 0 Å². The standard InChI is InChI=1S/C43H61I/c1-10-12-26-41(8,11-2)36-22-28-43(29-23-36,37-16-14-13-15-17-37)33(5)44-30-25-39-40(6,7)38(24-27-42(39,9)31-44)35-20-18-34(19-21-35)32(3)4/h13-21,24-25,32,36H,5,10-12,22-23,26-31H2,1-4,6-9H3/t36?,41?,42-,43?/m1/s1. The van der Waals surface area contributed by atoms with E-state index in [2.05, 4.69) is 122 Å². The maximum absolute atomic E-state index is 5.12. The van der Waals surface area contributed by atoms with Crippen molar-refractivity contribution in [3.05, 3.63) is 99.2 Å². The van der Waals surface area contributed by atoms with Crippen LogP contribution in [0.4, 0.5) is 0 Å². The molecule has 0 amide bonds. The molecule has 0 spiro atoms. The van der Waals surface area contributed by atoms with Crippen LogP contribution in [0.25, 0.3) is 5.57 Å². The van der Waals surface area contributed by atoms with Crippen LogP contribution in [0.15, 0.2) is 82.5 Å². The van der Waals surface area contributed by atoms with E-state index in [1.54, 1.807) is 14.7 Å². The van der Waals surface area contributed by atoms with Crippen molar-refractivity contribution in [2.45, 2.75) is 125 Å². The molecule has 0 aromatic heterocycles. The van der Waals surface area contributed by atoms with Gasteiger partial charge in [0.2, 0.25) is 0 Å². The molecular formula is C43H61I. The first-order valence-electron chi connectivity index (χ1n) is 17.8. The fourth-order valence-electron chi connectivity index (χ4n) is 9.29. The minimum absolute atomic E-state index is 0.0637. The van der Waals surface area contributed by atoms with Crippen LogP contribution in [0.1, 0.15) is 136 Å². The summed E-state index contributed by atoms with van der Waals surface area (Å²) in [6, 6.07) is 21.1. The van der Waals surface area contributed by atoms with E-state index in [0.29, 0.717) is 11.3 Å². The van der Waals surface area contributed by atoms with Gasteiger partial charge in [0.1, 0.15) is 0 Å². The molecule has 44 heavy (non-hydrogen) atoms. The third-order valence-electron chi connectivity index (χ3n) is 12.5. The van der Waals surface area contributed by atoms with E-state index in [1.165, 1.54) is 76.9 Å². The molecule has 5 rings (SSSR count). The van der Waals surface area contributed by atoms with Gasteiger partial charge in [0.25, 0.3) is 0 Å². The average molecular weight is 705 g/mol. The number of allylic oxidation sites excluding steroid dienone is 5. The summed E-state index contributed by atoms with van der Waals surface area (Å²) >= 11 is -1.48. The number of halogens is 1. The Morgan fingerprint density at radius 1 is 0.955 bits per heavy atom. The van der Waals surface area contributed by atoms with Crippen molar-refractivity contribution in [2.24, 2.45) is 22.2 Å². The van der Waals surface area contributed by atoms with Gasteiger partial charge in [-0.25, -0.2) is 0 Å². The zero-order valence-electron chi connectivity index (χ0n) is 29.4. The number of alkyl halides is 2. The summed E-state index contributed by atoms with van der Waals surface area (Å²) in [7, 11) is 0. The Labute approximate surface area is 278 Å². The van der Waals surface area contributed by atoms with Gasteiger partial charge in [-0.1, -0.05) is 0 Å². The third kappa shape index (κ3) is 6.22. The summed E-state index contributed by atoms with van der Waals surface area (Å²) in [6.45, 7) is 24.7. The molecule has 3 aliphatic rings. The van der Waals surface area contributed by atoms with E-state index in [0.717, 1.165) is 12.3 Å². The Morgan fingerprint density at radius 2 is 1.61 bits per heavy atom. The Morgan fingerprint density at radius 3 is 2.20 bits per heavy atom. The zero-order chi connectivity index (χ0) is 31.8. The molecule has 0 saturated heterocycles. The molecule has 0 bridgehead atoms. The van der Waals surface area contributed by atoms with Crippen LogP contribution in [-0.2, 0) is 5.41 Å². The van der Waals surface area contributed by atoms with E-state index in [1.807, 2.05) is 0 Å². The van der Waals surface area contributed by atoms with Gasteiger partial charge in [0.15, 0.2) is 0 Å². The maximum atomic E-state index is 5.12. The number of rotatable bonds is 10. The number of benzene rings is 2. The molecule has 2 atom stereocenters. The Kier molecular flexibility index (Phi) is 10.2. The van der Waals surface area contributed by atoms with E-state index < -0.39 is 19.8 Å². The van der Waals surface area contributed by atoms with Gasteiger partial charge in [-0.2, -0.15) is 0 Å². The molecule has 0 nitrogen and oxygen atoms in total. The number of hydrogen-bond acceptors (Lipinski definition) is 0. The van der Waals surface area contributed by atoms with Crippen LogP contribution >= 0.6 is 19.8 Å². The summed E-state index contributed by atoms with van der Waals surface area (Å²) < 4.78 is 4.35. The molecule has 1 unspecified atom stereocenters. The predicted octanol–water partition coefficient (Wildman–Crippen LogP) is 13.3. The second-order valence-corrected chi connectivity index (χ2v) is 21.4. The van der Waals surface area contributed by atoms with Crippen LogP contribution < -0.4 is 0 Å². The van der Waals surface area contributed by atoms with Gasteiger partial charge >= 0.3 is 280 Å². The van der Waals surface area contributed by atoms with Gasteiger partial charge in [-0.3, -0.25) is 0 Å². The Hall–Kier alpha value is -1.61. The zero-order valence-corrected chi connectivity index (χ0v) is 31.5. The minimum atomic E-state index is -1.48. The van der Waals surface area contributed by atoms with Crippen molar-refractivity contribution in [2.75, 3.05) is 8.86 Å². The SMILES string of the molecule is C=C(I1CC=C2C(C)(C)C(c3ccc(C(C)C)cc3)=CC[C@]2(C)C1)C1(c2ccccc2)CCC(C(C)(CC)CCCC)CC1. The first kappa shape index (κ1) is 33.7. The van der Waals surface area contributed by atoms with Crippen LogP contribution in [0.2, 0.25) is 0 Å². The van der Waals surface area contributed by atoms with Gasteiger partial charge in [0.05, 0.1) is 0 Å². The third-order valence-corrected chi connectivity index (χ3v) is 19.4. The van der Waals surface area contributed by atoms with Gasteiger partial charge in [-0.05, 0) is 0 Å². The van der Waals surface area contributed by atoms with Crippen LogP contribution in [-0.4, -0.2) is 8.86 Å². The molecule has 1 heteroatoms. The van der Waals surface area contributed by atoms with Crippen molar-refractivity contribution in [3.63, 3.8) is 0 Å². The first-order chi connectivity index (χ1) is 20.9. The van der Waals surface area contributed by atoms with Gasteiger partial charge in [-0.15, -0.1) is 0 Å². The predicted molar refractivity (Wildman–Crippen MR) is 204 cm³/mol. The number of hydrogen-bond donors (Lipinski definition) is 0. The first-order valence-corrected chi connectivity index (χ1v) is 21.9. The molecule has 1 heterocycles. The molecule has 0 N–H and O–H groups in total. The molecule has 240 valence electrons. The molecule has 1 saturated carbocycles. The summed E-state index contributed by atoms with van der Waals surface area (Å²) in [4.78, 5) is 0. The van der Waals surface area contributed by atoms with Crippen molar-refractivity contribution in [3.8, 4) is 0 Å². The van der Waals surface area contributed by atoms with Crippen molar-refractivity contribution >= 4 is 25.4 Å². The van der Waals surface area contributed by atoms with Gasteiger partial charge in [0, 0.05) is 0 Å². The monoisotopic (exact) mass is 704 g/mol. The van der Waals surface area contributed by atoms with E-state index in [4.69, 9.17) is 6.58 Å². The number of fused-ring (bicyclic) bond motifs is 1. The molecule has 2 aliphatic carbocycles. The van der Waals surface area contributed by atoms with Crippen LogP contribution in [0.3, 0.4) is 0 Å². The average Bonchev–Trinajstić information content (AvgIpc) is 3.03. The van der Waals surface area contributed by atoms with Crippen LogP contribution in [0.5, 0.6) is 0 Å². The van der Waals surface area contributed by atoms with Crippen LogP contribution in [0, 0.1) is 22.2 Å². The molecule has 2 aromatic rings. The molecular weight excluding hydrogens is 643 g/mol. The molecule has 2 aromatic carbocycles. The normalized spacial score (nSPS) is 28.9. The van der Waals surface area contributed by atoms with E-state index >= 15 is 0 Å². The quantitative estimate of drug-likeness (QED) is 0.131. The number of unbranched alkanes of at least 4 members (excludes halogenated alkanes) is 1. The summed E-state index contributed by atoms with van der Waals surface area (Å²) in [5.74, 6) is 1.42. The van der Waals surface area contributed by atoms with Gasteiger partial charge < -0.3 is 0 Å². The second kappa shape index (κ2) is 13.2. The molecule has 1 aliphatic heterocycles. The van der Waals surface area contributed by atoms with Crippen molar-refractivity contribution in [1.82, 2.24) is 0 Å². The summed E-state index contributed by atoms with van der Waals surface area (Å²) in [5.41, 5.74) is 8.60. The fourth-order valence-corrected chi connectivity index (χ4v) is 16.6. The topological polar surface area (TPSA) is 0 Å².